The zero-order valence-corrected chi connectivity index (χ0v) is 31.0. The molecule has 0 bridgehead atoms. The van der Waals surface area contributed by atoms with E-state index >= 15 is 0 Å². The lowest BCUT2D eigenvalue weighted by molar-refractivity contribution is 0.660. The molecule has 246 valence electrons. The van der Waals surface area contributed by atoms with Crippen molar-refractivity contribution in [3.05, 3.63) is 169 Å². The van der Waals surface area contributed by atoms with Crippen LogP contribution >= 0.6 is 0 Å². The maximum Gasteiger partial charge on any atom is 0.113 e. The zero-order chi connectivity index (χ0) is 34.9. The van der Waals surface area contributed by atoms with Crippen molar-refractivity contribution in [2.45, 2.75) is 32.4 Å². The fourth-order valence-corrected chi connectivity index (χ4v) is 13.2. The van der Waals surface area contributed by atoms with Gasteiger partial charge in [0.2, 0.25) is 0 Å². The summed E-state index contributed by atoms with van der Waals surface area (Å²) in [4.78, 5) is 0. The molecule has 1 heteroatoms. The van der Waals surface area contributed by atoms with Gasteiger partial charge in [0.25, 0.3) is 0 Å². The van der Waals surface area contributed by atoms with Gasteiger partial charge in [0.15, 0.2) is 0 Å². The van der Waals surface area contributed by atoms with Crippen LogP contribution in [0.5, 0.6) is 0 Å². The minimum absolute atomic E-state index is 0.0741. The van der Waals surface area contributed by atoms with Gasteiger partial charge in [0, 0.05) is 5.41 Å². The van der Waals surface area contributed by atoms with E-state index in [4.69, 9.17) is 0 Å². The molecule has 9 aromatic rings. The van der Waals surface area contributed by atoms with Crippen LogP contribution in [0.4, 0.5) is 0 Å². The third-order valence-electron chi connectivity index (χ3n) is 12.6. The molecule has 0 amide bonds. The van der Waals surface area contributed by atoms with E-state index in [1.807, 2.05) is 0 Å². The fourth-order valence-electron chi connectivity index (χ4n) is 10.1. The number of benzene rings is 9. The standard InChI is InChI=1S/C51H38Si/c1-51(2)45-23-13-11-19-36(45)37-26-25-32(28-46(37)51)49-39-21-9-10-22-40(39)50(42-27-31-15-5-6-16-33(31)34-17-7-8-18-35(34)42)43-29-41-38-20-12-14-24-47(38)52(3,4)48(41)30-44(43)49/h5-30H,1-4H3. The van der Waals surface area contributed by atoms with Crippen molar-refractivity contribution >= 4 is 61.5 Å². The summed E-state index contributed by atoms with van der Waals surface area (Å²) in [7, 11) is -1.95. The molecule has 0 saturated carbocycles. The highest BCUT2D eigenvalue weighted by molar-refractivity contribution is 7.04. The average molecular weight is 679 g/mol. The van der Waals surface area contributed by atoms with Gasteiger partial charge >= 0.3 is 0 Å². The van der Waals surface area contributed by atoms with Crippen molar-refractivity contribution in [2.24, 2.45) is 0 Å². The fraction of sp³-hybridized carbons (Fsp3) is 0.0980. The highest BCUT2D eigenvalue weighted by Gasteiger charge is 2.39. The Morgan fingerprint density at radius 3 is 1.77 bits per heavy atom. The first-order valence-corrected chi connectivity index (χ1v) is 21.6. The summed E-state index contributed by atoms with van der Waals surface area (Å²) in [6.45, 7) is 9.86. The summed E-state index contributed by atoms with van der Waals surface area (Å²) >= 11 is 0. The lowest BCUT2D eigenvalue weighted by atomic mass is 9.80. The predicted molar refractivity (Wildman–Crippen MR) is 227 cm³/mol. The van der Waals surface area contributed by atoms with E-state index in [-0.39, 0.29) is 5.41 Å². The Hall–Kier alpha value is -5.76. The van der Waals surface area contributed by atoms with E-state index in [2.05, 4.69) is 185 Å². The van der Waals surface area contributed by atoms with E-state index in [0.29, 0.717) is 0 Å². The molecule has 0 fully saturated rings. The van der Waals surface area contributed by atoms with Crippen LogP contribution in [0.25, 0.3) is 87.6 Å². The largest absolute Gasteiger partial charge is 0.113 e. The van der Waals surface area contributed by atoms with Gasteiger partial charge in [-0.3, -0.25) is 0 Å². The molecule has 0 radical (unpaired) electrons. The van der Waals surface area contributed by atoms with Gasteiger partial charge in [-0.1, -0.05) is 166 Å². The lowest BCUT2D eigenvalue weighted by Gasteiger charge is -2.24. The number of hydrogen-bond donors (Lipinski definition) is 0. The maximum absolute atomic E-state index is 2.62. The van der Waals surface area contributed by atoms with Crippen LogP contribution in [-0.2, 0) is 5.41 Å². The highest BCUT2D eigenvalue weighted by atomic mass is 28.3. The topological polar surface area (TPSA) is 0 Å². The summed E-state index contributed by atoms with van der Waals surface area (Å²) in [5.74, 6) is 0. The molecule has 11 rings (SSSR count). The normalized spacial score (nSPS) is 14.8. The number of fused-ring (bicyclic) bond motifs is 11. The predicted octanol–water partition coefficient (Wildman–Crippen LogP) is 12.7. The van der Waals surface area contributed by atoms with Crippen LogP contribution in [0, 0.1) is 0 Å². The molecule has 0 aromatic heterocycles. The van der Waals surface area contributed by atoms with Gasteiger partial charge in [0.1, 0.15) is 8.07 Å². The Labute approximate surface area is 306 Å². The Kier molecular flexibility index (Phi) is 5.99. The van der Waals surface area contributed by atoms with Crippen LogP contribution in [0.3, 0.4) is 0 Å². The molecule has 0 atom stereocenters. The second-order valence-corrected chi connectivity index (χ2v) is 20.4. The molecule has 0 spiro atoms. The van der Waals surface area contributed by atoms with Crippen molar-refractivity contribution in [1.29, 1.82) is 0 Å². The molecule has 0 N–H and O–H groups in total. The van der Waals surface area contributed by atoms with Crippen molar-refractivity contribution < 1.29 is 0 Å². The first kappa shape index (κ1) is 29.9. The first-order chi connectivity index (χ1) is 25.3. The van der Waals surface area contributed by atoms with Crippen molar-refractivity contribution in [3.63, 3.8) is 0 Å². The van der Waals surface area contributed by atoms with Crippen LogP contribution in [0.15, 0.2) is 158 Å². The second kappa shape index (κ2) is 10.4. The van der Waals surface area contributed by atoms with Gasteiger partial charge in [-0.05, 0) is 127 Å². The summed E-state index contributed by atoms with van der Waals surface area (Å²) < 4.78 is 0. The van der Waals surface area contributed by atoms with E-state index in [0.717, 1.165) is 0 Å². The van der Waals surface area contributed by atoms with E-state index < -0.39 is 8.07 Å². The molecule has 1 aliphatic heterocycles. The highest BCUT2D eigenvalue weighted by Crippen LogP contribution is 2.52. The molecular weight excluding hydrogens is 641 g/mol. The van der Waals surface area contributed by atoms with Crippen LogP contribution in [0.1, 0.15) is 25.0 Å². The van der Waals surface area contributed by atoms with Crippen LogP contribution in [-0.4, -0.2) is 8.07 Å². The Balaban J connectivity index is 1.31. The third-order valence-corrected chi connectivity index (χ3v) is 16.2. The van der Waals surface area contributed by atoms with Gasteiger partial charge in [-0.15, -0.1) is 0 Å². The van der Waals surface area contributed by atoms with Crippen LogP contribution in [0.2, 0.25) is 13.1 Å². The molecule has 0 nitrogen and oxygen atoms in total. The van der Waals surface area contributed by atoms with Gasteiger partial charge in [-0.25, -0.2) is 0 Å². The third kappa shape index (κ3) is 3.87. The number of hydrogen-bond acceptors (Lipinski definition) is 0. The van der Waals surface area contributed by atoms with Crippen molar-refractivity contribution in [3.8, 4) is 44.5 Å². The molecule has 1 heterocycles. The maximum atomic E-state index is 2.62. The van der Waals surface area contributed by atoms with Gasteiger partial charge < -0.3 is 0 Å². The molecule has 52 heavy (non-hydrogen) atoms. The lowest BCUT2D eigenvalue weighted by Crippen LogP contribution is -2.49. The van der Waals surface area contributed by atoms with Crippen LogP contribution < -0.4 is 10.4 Å². The number of rotatable bonds is 2. The zero-order valence-electron chi connectivity index (χ0n) is 30.0. The van der Waals surface area contributed by atoms with E-state index in [1.54, 1.807) is 10.4 Å². The summed E-state index contributed by atoms with van der Waals surface area (Å²) in [6, 6.07) is 60.2. The Bertz CT molecular complexity index is 3010. The quantitative estimate of drug-likeness (QED) is 0.0970. The molecule has 9 aromatic carbocycles. The van der Waals surface area contributed by atoms with Gasteiger partial charge in [-0.2, -0.15) is 0 Å². The van der Waals surface area contributed by atoms with Crippen molar-refractivity contribution in [2.75, 3.05) is 0 Å². The Morgan fingerprint density at radius 2 is 0.962 bits per heavy atom. The smallest absolute Gasteiger partial charge is 0.0623 e. The first-order valence-electron chi connectivity index (χ1n) is 18.6. The molecule has 0 unspecified atom stereocenters. The molecule has 0 saturated heterocycles. The SMILES string of the molecule is CC1(C)c2ccccc2-c2ccc(-c3c4ccccc4c(-c4cc5ccccc5c5ccccc45)c4cc5c(cc34)[Si](C)(C)c3ccccc3-5)cc21. The monoisotopic (exact) mass is 678 g/mol. The minimum atomic E-state index is -1.95. The van der Waals surface area contributed by atoms with Crippen molar-refractivity contribution in [1.82, 2.24) is 0 Å². The molecule has 1 aliphatic carbocycles. The summed E-state index contributed by atoms with van der Waals surface area (Å²) in [6.07, 6.45) is 0. The summed E-state index contributed by atoms with van der Waals surface area (Å²) in [5.41, 5.74) is 13.6. The van der Waals surface area contributed by atoms with E-state index in [1.165, 1.54) is 98.7 Å². The van der Waals surface area contributed by atoms with E-state index in [9.17, 15) is 0 Å². The minimum Gasteiger partial charge on any atom is -0.0623 e. The Morgan fingerprint density at radius 1 is 0.365 bits per heavy atom. The van der Waals surface area contributed by atoms with Gasteiger partial charge in [0.05, 0.1) is 0 Å². The summed E-state index contributed by atoms with van der Waals surface area (Å²) in [5, 5.41) is 13.6. The average Bonchev–Trinajstić information content (AvgIpc) is 3.55. The molecular formula is C51H38Si. The molecule has 2 aliphatic rings. The second-order valence-electron chi connectivity index (χ2n) is 16.0.